The molecular weight excluding hydrogens is 199 g/mol. The number of amides is 1. The Morgan fingerprint density at radius 1 is 1.60 bits per heavy atom. The van der Waals surface area contributed by atoms with E-state index < -0.39 is 17.4 Å². The highest BCUT2D eigenvalue weighted by molar-refractivity contribution is 5.69. The number of nitrogens with one attached hydrogen (secondary N) is 2. The van der Waals surface area contributed by atoms with Gasteiger partial charge in [0.25, 0.3) is 0 Å². The Kier molecular flexibility index (Phi) is 2.19. The predicted molar refractivity (Wildman–Crippen MR) is 53.4 cm³/mol. The second-order valence-electron chi connectivity index (χ2n) is 5.29. The zero-order valence-corrected chi connectivity index (χ0v) is 9.26. The Bertz CT molecular complexity index is 290. The van der Waals surface area contributed by atoms with Gasteiger partial charge >= 0.3 is 6.09 Å². The summed E-state index contributed by atoms with van der Waals surface area (Å²) in [5, 5.41) is 5.52. The lowest BCUT2D eigenvalue weighted by atomic mass is 10.2. The summed E-state index contributed by atoms with van der Waals surface area (Å²) in [4.78, 5) is 11.4. The maximum absolute atomic E-state index is 13.8. The average Bonchev–Trinajstić information content (AvgIpc) is 2.45. The number of fused-ring (bicyclic) bond motifs is 1. The Labute approximate surface area is 88.6 Å². The average molecular weight is 216 g/mol. The van der Waals surface area contributed by atoms with Crippen molar-refractivity contribution in [3.63, 3.8) is 0 Å². The van der Waals surface area contributed by atoms with E-state index in [1.165, 1.54) is 0 Å². The minimum absolute atomic E-state index is 0.0787. The third-order valence-electron chi connectivity index (χ3n) is 2.86. The molecule has 3 atom stereocenters. The molecule has 0 aromatic rings. The zero-order valence-electron chi connectivity index (χ0n) is 9.26. The number of carbonyl (C=O) groups is 1. The summed E-state index contributed by atoms with van der Waals surface area (Å²) in [5.74, 6) is -0.0787. The van der Waals surface area contributed by atoms with Crippen LogP contribution in [0.5, 0.6) is 0 Å². The number of halogens is 1. The van der Waals surface area contributed by atoms with Crippen LogP contribution in [-0.4, -0.2) is 36.5 Å². The van der Waals surface area contributed by atoms with Gasteiger partial charge in [-0.1, -0.05) is 0 Å². The molecule has 86 valence electrons. The van der Waals surface area contributed by atoms with Gasteiger partial charge in [-0.25, -0.2) is 9.18 Å². The van der Waals surface area contributed by atoms with Gasteiger partial charge in [-0.05, 0) is 20.8 Å². The third kappa shape index (κ3) is 1.93. The highest BCUT2D eigenvalue weighted by Gasteiger charge is 2.69. The van der Waals surface area contributed by atoms with Crippen LogP contribution in [0.4, 0.5) is 9.18 Å². The van der Waals surface area contributed by atoms with Crippen molar-refractivity contribution in [3.05, 3.63) is 0 Å². The summed E-state index contributed by atoms with van der Waals surface area (Å²) in [5.41, 5.74) is -1.77. The molecule has 4 nitrogen and oxygen atoms in total. The first kappa shape index (κ1) is 10.7. The molecule has 0 spiro atoms. The van der Waals surface area contributed by atoms with Crippen molar-refractivity contribution >= 4 is 6.09 Å². The molecule has 0 aromatic carbocycles. The first-order valence-electron chi connectivity index (χ1n) is 5.22. The quantitative estimate of drug-likeness (QED) is 0.682. The normalized spacial score (nSPS) is 38.4. The fourth-order valence-corrected chi connectivity index (χ4v) is 2.09. The zero-order chi connectivity index (χ0) is 11.3. The van der Waals surface area contributed by atoms with Gasteiger partial charge in [-0.2, -0.15) is 0 Å². The highest BCUT2D eigenvalue weighted by Crippen LogP contribution is 2.49. The van der Waals surface area contributed by atoms with Gasteiger partial charge in [0.1, 0.15) is 11.3 Å². The fourth-order valence-electron chi connectivity index (χ4n) is 2.09. The number of carbonyl (C=O) groups excluding carboxylic acids is 1. The van der Waals surface area contributed by atoms with E-state index in [-0.39, 0.29) is 12.0 Å². The predicted octanol–water partition coefficient (Wildman–Crippen LogP) is 0.821. The maximum Gasteiger partial charge on any atom is 0.407 e. The maximum atomic E-state index is 13.8. The molecule has 0 bridgehead atoms. The molecule has 1 aliphatic carbocycles. The molecule has 1 amide bonds. The molecule has 1 aliphatic heterocycles. The Morgan fingerprint density at radius 2 is 2.27 bits per heavy atom. The van der Waals surface area contributed by atoms with Gasteiger partial charge in [0, 0.05) is 19.0 Å². The van der Waals surface area contributed by atoms with Crippen LogP contribution in [0, 0.1) is 5.92 Å². The van der Waals surface area contributed by atoms with Crippen LogP contribution in [0.2, 0.25) is 0 Å². The minimum Gasteiger partial charge on any atom is -0.444 e. The molecule has 2 fully saturated rings. The fraction of sp³-hybridized carbons (Fsp3) is 0.900. The monoisotopic (exact) mass is 216 g/mol. The Morgan fingerprint density at radius 3 is 2.73 bits per heavy atom. The van der Waals surface area contributed by atoms with Gasteiger partial charge in [0.15, 0.2) is 0 Å². The van der Waals surface area contributed by atoms with Gasteiger partial charge in [0.05, 0.1) is 6.04 Å². The van der Waals surface area contributed by atoms with Gasteiger partial charge < -0.3 is 15.4 Å². The second kappa shape index (κ2) is 3.07. The molecule has 0 unspecified atom stereocenters. The number of hydrogen-bond acceptors (Lipinski definition) is 3. The van der Waals surface area contributed by atoms with Crippen LogP contribution in [0.15, 0.2) is 0 Å². The molecule has 15 heavy (non-hydrogen) atoms. The van der Waals surface area contributed by atoms with Crippen LogP contribution >= 0.6 is 0 Å². The number of alkyl halides is 1. The first-order chi connectivity index (χ1) is 6.83. The van der Waals surface area contributed by atoms with Gasteiger partial charge in [-0.3, -0.25) is 0 Å². The molecule has 2 aliphatic rings. The van der Waals surface area contributed by atoms with Crippen LogP contribution in [-0.2, 0) is 4.74 Å². The molecule has 1 heterocycles. The van der Waals surface area contributed by atoms with E-state index >= 15 is 0 Å². The van der Waals surface area contributed by atoms with Crippen molar-refractivity contribution in [1.82, 2.24) is 10.6 Å². The van der Waals surface area contributed by atoms with Crippen molar-refractivity contribution in [2.45, 2.75) is 38.1 Å². The number of ether oxygens (including phenoxy) is 1. The van der Waals surface area contributed by atoms with E-state index in [1.54, 1.807) is 20.8 Å². The standard InChI is InChI=1S/C10H17FN2O2/c1-9(2,3)15-8(14)13-7-6-4-12-5-10(6,7)11/h6-7,12H,4-5H2,1-3H3,(H,13,14)/t6-,7-,10+/m0/s1. The molecule has 2 rings (SSSR count). The van der Waals surface area contributed by atoms with E-state index in [0.29, 0.717) is 13.1 Å². The lowest BCUT2D eigenvalue weighted by Gasteiger charge is -2.20. The largest absolute Gasteiger partial charge is 0.444 e. The summed E-state index contributed by atoms with van der Waals surface area (Å²) in [6, 6.07) is -0.367. The van der Waals surface area contributed by atoms with Gasteiger partial charge in [-0.15, -0.1) is 0 Å². The van der Waals surface area contributed by atoms with Crippen LogP contribution in [0.1, 0.15) is 20.8 Å². The van der Waals surface area contributed by atoms with E-state index in [2.05, 4.69) is 10.6 Å². The van der Waals surface area contributed by atoms with E-state index in [1.807, 2.05) is 0 Å². The van der Waals surface area contributed by atoms with E-state index in [9.17, 15) is 9.18 Å². The summed E-state index contributed by atoms with van der Waals surface area (Å²) < 4.78 is 18.9. The number of rotatable bonds is 1. The minimum atomic E-state index is -1.24. The third-order valence-corrected chi connectivity index (χ3v) is 2.86. The molecule has 5 heteroatoms. The van der Waals surface area contributed by atoms with E-state index in [0.717, 1.165) is 0 Å². The number of piperidine rings is 1. The summed E-state index contributed by atoms with van der Waals surface area (Å²) in [6.45, 7) is 6.32. The Hall–Kier alpha value is -0.840. The lowest BCUT2D eigenvalue weighted by Crippen LogP contribution is -2.39. The lowest BCUT2D eigenvalue weighted by molar-refractivity contribution is 0.0509. The van der Waals surface area contributed by atoms with Crippen molar-refractivity contribution in [2.24, 2.45) is 5.92 Å². The van der Waals surface area contributed by atoms with Crippen LogP contribution < -0.4 is 10.6 Å². The summed E-state index contributed by atoms with van der Waals surface area (Å²) in [7, 11) is 0. The van der Waals surface area contributed by atoms with Crippen LogP contribution in [0.25, 0.3) is 0 Å². The topological polar surface area (TPSA) is 50.4 Å². The van der Waals surface area contributed by atoms with Crippen LogP contribution in [0.3, 0.4) is 0 Å². The SMILES string of the molecule is CC(C)(C)OC(=O)N[C@H]1[C@@H]2CNC[C@@]21F. The van der Waals surface area contributed by atoms with Crippen molar-refractivity contribution < 1.29 is 13.9 Å². The van der Waals surface area contributed by atoms with Crippen molar-refractivity contribution in [2.75, 3.05) is 13.1 Å². The molecule has 0 aromatic heterocycles. The van der Waals surface area contributed by atoms with E-state index in [4.69, 9.17) is 4.74 Å². The Balaban J connectivity index is 1.82. The van der Waals surface area contributed by atoms with Crippen molar-refractivity contribution in [1.29, 1.82) is 0 Å². The van der Waals surface area contributed by atoms with Gasteiger partial charge in [0.2, 0.25) is 0 Å². The first-order valence-corrected chi connectivity index (χ1v) is 5.22. The summed E-state index contributed by atoms with van der Waals surface area (Å²) in [6.07, 6.45) is -0.529. The molecular formula is C10H17FN2O2. The second-order valence-corrected chi connectivity index (χ2v) is 5.29. The number of alkyl carbamates (subject to hydrolysis) is 1. The smallest absolute Gasteiger partial charge is 0.407 e. The molecule has 2 N–H and O–H groups in total. The molecule has 0 radical (unpaired) electrons. The summed E-state index contributed by atoms with van der Waals surface area (Å²) >= 11 is 0. The highest BCUT2D eigenvalue weighted by atomic mass is 19.1. The van der Waals surface area contributed by atoms with Crippen molar-refractivity contribution in [3.8, 4) is 0 Å². The molecule has 1 saturated carbocycles. The molecule has 1 saturated heterocycles. The number of hydrogen-bond donors (Lipinski definition) is 2.